The minimum absolute atomic E-state index is 0.0919. The van der Waals surface area contributed by atoms with Crippen LogP contribution in [0.25, 0.3) is 0 Å². The Kier molecular flexibility index (Phi) is 4.48. The van der Waals surface area contributed by atoms with Gasteiger partial charge < -0.3 is 5.73 Å². The fourth-order valence-electron chi connectivity index (χ4n) is 2.08. The van der Waals surface area contributed by atoms with Crippen LogP contribution in [0.1, 0.15) is 19.3 Å². The van der Waals surface area contributed by atoms with E-state index in [0.29, 0.717) is 4.47 Å². The zero-order valence-electron chi connectivity index (χ0n) is 9.57. The van der Waals surface area contributed by atoms with E-state index in [1.54, 1.807) is 18.2 Å². The van der Waals surface area contributed by atoms with E-state index in [2.05, 4.69) is 36.6 Å². The first kappa shape index (κ1) is 14.5. The molecule has 0 heterocycles. The number of halogens is 2. The van der Waals surface area contributed by atoms with E-state index >= 15 is 0 Å². The third kappa shape index (κ3) is 3.14. The summed E-state index contributed by atoms with van der Waals surface area (Å²) in [5, 5.41) is 0. The maximum atomic E-state index is 12.3. The maximum Gasteiger partial charge on any atom is 0.242 e. The van der Waals surface area contributed by atoms with Crippen LogP contribution in [-0.4, -0.2) is 20.5 Å². The van der Waals surface area contributed by atoms with Gasteiger partial charge in [-0.1, -0.05) is 22.4 Å². The molecule has 1 aromatic carbocycles. The summed E-state index contributed by atoms with van der Waals surface area (Å²) in [6.45, 7) is 0. The average Bonchev–Trinajstić information content (AvgIpc) is 2.67. The zero-order valence-corrected chi connectivity index (χ0v) is 13.6. The number of hydrogen-bond donors (Lipinski definition) is 2. The summed E-state index contributed by atoms with van der Waals surface area (Å²) < 4.78 is 28.5. The quantitative estimate of drug-likeness (QED) is 0.822. The van der Waals surface area contributed by atoms with Gasteiger partial charge in [-0.2, -0.15) is 0 Å². The molecule has 0 saturated heterocycles. The second kappa shape index (κ2) is 5.58. The van der Waals surface area contributed by atoms with Gasteiger partial charge >= 0.3 is 0 Å². The van der Waals surface area contributed by atoms with E-state index in [-0.39, 0.29) is 17.0 Å². The van der Waals surface area contributed by atoms with Crippen molar-refractivity contribution in [1.82, 2.24) is 4.72 Å². The summed E-state index contributed by atoms with van der Waals surface area (Å²) in [4.78, 5) is 0.232. The number of nitrogens with one attached hydrogen (secondary N) is 1. The Morgan fingerprint density at radius 2 is 2.00 bits per heavy atom. The average molecular weight is 398 g/mol. The highest BCUT2D eigenvalue weighted by Crippen LogP contribution is 2.27. The molecule has 100 valence electrons. The van der Waals surface area contributed by atoms with Crippen LogP contribution in [0.4, 0.5) is 0 Å². The van der Waals surface area contributed by atoms with Gasteiger partial charge in [-0.05, 0) is 47.0 Å². The number of rotatable bonds is 3. The monoisotopic (exact) mass is 396 g/mol. The minimum atomic E-state index is -3.54. The van der Waals surface area contributed by atoms with E-state index in [1.165, 1.54) is 0 Å². The van der Waals surface area contributed by atoms with Crippen LogP contribution in [0, 0.1) is 0 Å². The first-order valence-corrected chi connectivity index (χ1v) is 8.70. The maximum absolute atomic E-state index is 12.3. The normalized spacial score (nSPS) is 24.4. The summed E-state index contributed by atoms with van der Waals surface area (Å²) in [7, 11) is -3.54. The molecule has 1 aromatic rings. The molecule has 1 fully saturated rings. The van der Waals surface area contributed by atoms with E-state index < -0.39 is 10.0 Å². The SMILES string of the molecule is NC1CCCC1NS(=O)(=O)c1cc(Br)ccc1Br. The summed E-state index contributed by atoms with van der Waals surface area (Å²) >= 11 is 6.54. The third-order valence-corrected chi connectivity index (χ3v) is 6.04. The van der Waals surface area contributed by atoms with Gasteiger partial charge in [-0.25, -0.2) is 13.1 Å². The summed E-state index contributed by atoms with van der Waals surface area (Å²) in [5.41, 5.74) is 5.88. The summed E-state index contributed by atoms with van der Waals surface area (Å²) in [5.74, 6) is 0. The molecule has 0 amide bonds. The Morgan fingerprint density at radius 1 is 1.28 bits per heavy atom. The van der Waals surface area contributed by atoms with Crippen LogP contribution in [0.15, 0.2) is 32.0 Å². The third-order valence-electron chi connectivity index (χ3n) is 3.06. The smallest absolute Gasteiger partial charge is 0.242 e. The molecule has 0 aliphatic heterocycles. The van der Waals surface area contributed by atoms with Crippen LogP contribution in [0.3, 0.4) is 0 Å². The molecular formula is C11H14Br2N2O2S. The lowest BCUT2D eigenvalue weighted by Gasteiger charge is -2.18. The predicted molar refractivity (Wildman–Crippen MR) is 77.8 cm³/mol. The van der Waals surface area contributed by atoms with E-state index in [9.17, 15) is 8.42 Å². The Morgan fingerprint density at radius 3 is 2.61 bits per heavy atom. The first-order valence-electron chi connectivity index (χ1n) is 5.63. The van der Waals surface area contributed by atoms with Crippen LogP contribution in [0.2, 0.25) is 0 Å². The van der Waals surface area contributed by atoms with Crippen molar-refractivity contribution in [3.8, 4) is 0 Å². The number of nitrogens with two attached hydrogens (primary N) is 1. The molecule has 7 heteroatoms. The van der Waals surface area contributed by atoms with Gasteiger partial charge in [0.25, 0.3) is 0 Å². The second-order valence-electron chi connectivity index (χ2n) is 4.40. The zero-order chi connectivity index (χ0) is 13.3. The molecule has 3 N–H and O–H groups in total. The molecule has 0 aromatic heterocycles. The standard InChI is InChI=1S/C11H14Br2N2O2S/c12-7-4-5-8(13)11(6-7)18(16,17)15-10-3-1-2-9(10)14/h4-6,9-10,15H,1-3,14H2. The number of benzene rings is 1. The second-order valence-corrected chi connectivity index (χ2v) is 7.85. The molecular weight excluding hydrogens is 384 g/mol. The molecule has 2 unspecified atom stereocenters. The van der Waals surface area contributed by atoms with Gasteiger partial charge in [0.2, 0.25) is 10.0 Å². The lowest BCUT2D eigenvalue weighted by molar-refractivity contribution is 0.522. The van der Waals surface area contributed by atoms with Crippen molar-refractivity contribution in [1.29, 1.82) is 0 Å². The topological polar surface area (TPSA) is 72.2 Å². The molecule has 4 nitrogen and oxygen atoms in total. The van der Waals surface area contributed by atoms with Gasteiger partial charge in [0.15, 0.2) is 0 Å². The van der Waals surface area contributed by atoms with Crippen LogP contribution < -0.4 is 10.5 Å². The van der Waals surface area contributed by atoms with Crippen molar-refractivity contribution in [3.05, 3.63) is 27.1 Å². The van der Waals surface area contributed by atoms with Gasteiger partial charge in [0.05, 0.1) is 4.90 Å². The molecule has 1 aliphatic carbocycles. The minimum Gasteiger partial charge on any atom is -0.326 e. The lowest BCUT2D eigenvalue weighted by Crippen LogP contribution is -2.43. The summed E-state index contributed by atoms with van der Waals surface area (Å²) in [6, 6.07) is 4.80. The van der Waals surface area contributed by atoms with Crippen LogP contribution >= 0.6 is 31.9 Å². The molecule has 0 bridgehead atoms. The molecule has 2 rings (SSSR count). The number of hydrogen-bond acceptors (Lipinski definition) is 3. The lowest BCUT2D eigenvalue weighted by atomic mass is 10.2. The highest BCUT2D eigenvalue weighted by molar-refractivity contribution is 9.11. The fourth-order valence-corrected chi connectivity index (χ4v) is 4.90. The van der Waals surface area contributed by atoms with Crippen molar-refractivity contribution < 1.29 is 8.42 Å². The van der Waals surface area contributed by atoms with E-state index in [0.717, 1.165) is 23.7 Å². The van der Waals surface area contributed by atoms with Gasteiger partial charge in [0, 0.05) is 21.0 Å². The van der Waals surface area contributed by atoms with Crippen molar-refractivity contribution >= 4 is 41.9 Å². The van der Waals surface area contributed by atoms with Gasteiger partial charge in [-0.15, -0.1) is 0 Å². The molecule has 0 radical (unpaired) electrons. The Labute approximate surface area is 124 Å². The van der Waals surface area contributed by atoms with Crippen molar-refractivity contribution in [3.63, 3.8) is 0 Å². The highest BCUT2D eigenvalue weighted by Gasteiger charge is 2.29. The molecule has 2 atom stereocenters. The summed E-state index contributed by atoms with van der Waals surface area (Å²) in [6.07, 6.45) is 2.63. The Bertz CT molecular complexity index is 548. The van der Waals surface area contributed by atoms with Crippen molar-refractivity contribution in [2.24, 2.45) is 5.73 Å². The van der Waals surface area contributed by atoms with E-state index in [4.69, 9.17) is 5.73 Å². The van der Waals surface area contributed by atoms with Crippen molar-refractivity contribution in [2.75, 3.05) is 0 Å². The van der Waals surface area contributed by atoms with Crippen LogP contribution in [0.5, 0.6) is 0 Å². The molecule has 1 aliphatic rings. The van der Waals surface area contributed by atoms with Gasteiger partial charge in [0.1, 0.15) is 0 Å². The molecule has 1 saturated carbocycles. The van der Waals surface area contributed by atoms with Gasteiger partial charge in [-0.3, -0.25) is 0 Å². The molecule has 0 spiro atoms. The van der Waals surface area contributed by atoms with E-state index in [1.807, 2.05) is 0 Å². The molecule has 18 heavy (non-hydrogen) atoms. The van der Waals surface area contributed by atoms with Crippen LogP contribution in [-0.2, 0) is 10.0 Å². The predicted octanol–water partition coefficient (Wildman–Crippen LogP) is 2.37. The fraction of sp³-hybridized carbons (Fsp3) is 0.455. The van der Waals surface area contributed by atoms with Crippen molar-refractivity contribution in [2.45, 2.75) is 36.2 Å². The largest absolute Gasteiger partial charge is 0.326 e. The number of sulfonamides is 1. The first-order chi connectivity index (χ1) is 8.40. The highest BCUT2D eigenvalue weighted by atomic mass is 79.9. The Hall–Kier alpha value is 0.0500. The Balaban J connectivity index is 2.28.